The number of rotatable bonds is 5. The van der Waals surface area contributed by atoms with E-state index in [0.29, 0.717) is 0 Å². The molecule has 1 saturated heterocycles. The zero-order valence-corrected chi connectivity index (χ0v) is 17.5. The summed E-state index contributed by atoms with van der Waals surface area (Å²) in [6.07, 6.45) is 7.83. The van der Waals surface area contributed by atoms with Crippen LogP contribution >= 0.6 is 11.3 Å². The summed E-state index contributed by atoms with van der Waals surface area (Å²) in [5.41, 5.74) is 2.60. The number of nitrogens with one attached hydrogen (secondary N) is 3. The van der Waals surface area contributed by atoms with Crippen molar-refractivity contribution in [3.63, 3.8) is 0 Å². The molecule has 3 N–H and O–H groups in total. The van der Waals surface area contributed by atoms with Crippen LogP contribution < -0.4 is 15.4 Å². The van der Waals surface area contributed by atoms with Gasteiger partial charge in [-0.3, -0.25) is 4.79 Å². The number of thiophene rings is 1. The predicted octanol–water partition coefficient (Wildman–Crippen LogP) is 0.470. The van der Waals surface area contributed by atoms with Gasteiger partial charge in [-0.15, -0.1) is 11.3 Å². The van der Waals surface area contributed by atoms with Gasteiger partial charge in [0.2, 0.25) is 0 Å². The zero-order valence-electron chi connectivity index (χ0n) is 16.7. The minimum atomic E-state index is 0.0686. The summed E-state index contributed by atoms with van der Waals surface area (Å²) >= 11 is 1.73. The first-order valence-electron chi connectivity index (χ1n) is 10.7. The fourth-order valence-electron chi connectivity index (χ4n) is 4.63. The zero-order chi connectivity index (χ0) is 19.6. The van der Waals surface area contributed by atoms with E-state index in [9.17, 15) is 4.79 Å². The Morgan fingerprint density at radius 3 is 2.69 bits per heavy atom. The first-order chi connectivity index (χ1) is 14.3. The molecule has 5 nitrogen and oxygen atoms in total. The highest BCUT2D eigenvalue weighted by Gasteiger charge is 2.25. The highest BCUT2D eigenvalue weighted by molar-refractivity contribution is 7.18. The number of H-pyrrole nitrogens is 1. The van der Waals surface area contributed by atoms with Crippen molar-refractivity contribution in [2.75, 3.05) is 32.7 Å². The molecule has 0 bridgehead atoms. The first-order valence-corrected chi connectivity index (χ1v) is 11.5. The minimum absolute atomic E-state index is 0.0686. The van der Waals surface area contributed by atoms with Gasteiger partial charge in [0.25, 0.3) is 5.56 Å². The molecule has 0 saturated carbocycles. The van der Waals surface area contributed by atoms with Crippen molar-refractivity contribution in [3.05, 3.63) is 68.6 Å². The van der Waals surface area contributed by atoms with Crippen LogP contribution in [0.4, 0.5) is 0 Å². The van der Waals surface area contributed by atoms with Gasteiger partial charge in [0.1, 0.15) is 37.6 Å². The molecule has 0 unspecified atom stereocenters. The fraction of sp³-hybridized carbons (Fsp3) is 0.391. The Morgan fingerprint density at radius 1 is 1.07 bits per heavy atom. The molecular weight excluding hydrogens is 380 g/mol. The van der Waals surface area contributed by atoms with Crippen LogP contribution in [0.5, 0.6) is 0 Å². The molecular formula is C23H28N4OS+2. The molecule has 150 valence electrons. The molecule has 3 aromatic rings. The van der Waals surface area contributed by atoms with E-state index < -0.39 is 0 Å². The SMILES string of the molecule is O=c1[nH]c(C[NH+]2CC[NH+](C/C=C/c3ccccc3)CC2)nc2sc3c(c12)CCC3. The van der Waals surface area contributed by atoms with E-state index >= 15 is 0 Å². The third-order valence-electron chi connectivity index (χ3n) is 6.22. The summed E-state index contributed by atoms with van der Waals surface area (Å²) in [7, 11) is 0. The molecule has 1 aromatic carbocycles. The standard InChI is InChI=1S/C23H26N4OS/c28-22-21-18-9-4-10-19(18)29-23(21)25-20(24-22)16-27-14-12-26(13-15-27)11-5-8-17-6-2-1-3-7-17/h1-3,5-8H,4,9-16H2,(H,24,25,28)/p+2/b8-5+. The summed E-state index contributed by atoms with van der Waals surface area (Å²) in [6, 6.07) is 10.5. The van der Waals surface area contributed by atoms with Gasteiger partial charge in [-0.05, 0) is 36.5 Å². The van der Waals surface area contributed by atoms with Crippen LogP contribution in [-0.2, 0) is 19.4 Å². The van der Waals surface area contributed by atoms with Crippen molar-refractivity contribution in [1.82, 2.24) is 9.97 Å². The third-order valence-corrected chi connectivity index (χ3v) is 7.41. The maximum absolute atomic E-state index is 12.6. The summed E-state index contributed by atoms with van der Waals surface area (Å²) in [5.74, 6) is 0.852. The van der Waals surface area contributed by atoms with E-state index in [1.54, 1.807) is 16.2 Å². The van der Waals surface area contributed by atoms with Gasteiger partial charge in [0.15, 0.2) is 5.82 Å². The third kappa shape index (κ3) is 4.06. The maximum Gasteiger partial charge on any atom is 0.260 e. The Balaban J connectivity index is 1.18. The molecule has 1 fully saturated rings. The lowest BCUT2D eigenvalue weighted by Crippen LogP contribution is -3.27. The number of nitrogens with zero attached hydrogens (tertiary/aromatic N) is 1. The fourth-order valence-corrected chi connectivity index (χ4v) is 5.91. The second kappa shape index (κ2) is 8.22. The van der Waals surface area contributed by atoms with Gasteiger partial charge in [0.05, 0.1) is 11.9 Å². The Morgan fingerprint density at radius 2 is 1.86 bits per heavy atom. The summed E-state index contributed by atoms with van der Waals surface area (Å²) < 4.78 is 0. The smallest absolute Gasteiger partial charge is 0.260 e. The van der Waals surface area contributed by atoms with Crippen LogP contribution in [0.2, 0.25) is 0 Å². The number of aromatic nitrogens is 2. The van der Waals surface area contributed by atoms with Crippen molar-refractivity contribution < 1.29 is 9.80 Å². The second-order valence-electron chi connectivity index (χ2n) is 8.24. The monoisotopic (exact) mass is 408 g/mol. The number of hydrogen-bond acceptors (Lipinski definition) is 3. The molecule has 1 aliphatic heterocycles. The molecule has 5 rings (SSSR count). The maximum atomic E-state index is 12.6. The van der Waals surface area contributed by atoms with E-state index in [2.05, 4.69) is 47.5 Å². The van der Waals surface area contributed by atoms with Crippen molar-refractivity contribution in [2.45, 2.75) is 25.8 Å². The molecule has 2 aromatic heterocycles. The number of quaternary nitrogens is 2. The van der Waals surface area contributed by atoms with Crippen LogP contribution in [0.3, 0.4) is 0 Å². The summed E-state index contributed by atoms with van der Waals surface area (Å²) in [5, 5.41) is 0.862. The van der Waals surface area contributed by atoms with Gasteiger partial charge in [-0.25, -0.2) is 4.98 Å². The normalized spacial score (nSPS) is 21.8. The summed E-state index contributed by atoms with van der Waals surface area (Å²) in [4.78, 5) is 26.0. The molecule has 0 atom stereocenters. The largest absolute Gasteiger partial charge is 0.322 e. The number of fused-ring (bicyclic) bond motifs is 3. The van der Waals surface area contributed by atoms with Crippen LogP contribution in [0.25, 0.3) is 16.3 Å². The lowest BCUT2D eigenvalue weighted by atomic mass is 10.2. The van der Waals surface area contributed by atoms with Crippen LogP contribution in [-0.4, -0.2) is 42.7 Å². The number of aryl methyl sites for hydroxylation is 2. The molecule has 6 heteroatoms. The molecule has 1 aliphatic carbocycles. The predicted molar refractivity (Wildman–Crippen MR) is 118 cm³/mol. The van der Waals surface area contributed by atoms with Crippen molar-refractivity contribution in [3.8, 4) is 0 Å². The van der Waals surface area contributed by atoms with E-state index in [1.807, 2.05) is 0 Å². The Kier molecular flexibility index (Phi) is 5.31. The topological polar surface area (TPSA) is 54.6 Å². The number of aromatic amines is 1. The van der Waals surface area contributed by atoms with Crippen LogP contribution in [0.15, 0.2) is 41.2 Å². The second-order valence-corrected chi connectivity index (χ2v) is 9.33. The van der Waals surface area contributed by atoms with Gasteiger partial charge >= 0.3 is 0 Å². The van der Waals surface area contributed by atoms with E-state index in [-0.39, 0.29) is 5.56 Å². The van der Waals surface area contributed by atoms with Gasteiger partial charge < -0.3 is 14.8 Å². The average molecular weight is 409 g/mol. The lowest BCUT2D eigenvalue weighted by molar-refractivity contribution is -1.02. The van der Waals surface area contributed by atoms with Crippen molar-refractivity contribution in [2.24, 2.45) is 0 Å². The Bertz CT molecular complexity index is 1080. The quantitative estimate of drug-likeness (QED) is 0.575. The van der Waals surface area contributed by atoms with E-state index in [0.717, 1.165) is 68.2 Å². The molecule has 3 heterocycles. The van der Waals surface area contributed by atoms with Gasteiger partial charge in [-0.1, -0.05) is 36.4 Å². The highest BCUT2D eigenvalue weighted by Crippen LogP contribution is 2.34. The molecule has 0 amide bonds. The number of hydrogen-bond donors (Lipinski definition) is 3. The van der Waals surface area contributed by atoms with E-state index in [1.165, 1.54) is 27.3 Å². The number of benzene rings is 1. The molecule has 0 spiro atoms. The van der Waals surface area contributed by atoms with Crippen molar-refractivity contribution >= 4 is 27.6 Å². The average Bonchev–Trinajstić information content (AvgIpc) is 3.31. The molecule has 29 heavy (non-hydrogen) atoms. The first kappa shape index (κ1) is 18.7. The Hall–Kier alpha value is -2.28. The van der Waals surface area contributed by atoms with Crippen LogP contribution in [0.1, 0.15) is 28.2 Å². The lowest BCUT2D eigenvalue weighted by Gasteiger charge is -2.28. The molecule has 2 aliphatic rings. The number of piperazine rings is 1. The highest BCUT2D eigenvalue weighted by atomic mass is 32.1. The van der Waals surface area contributed by atoms with Gasteiger partial charge in [0, 0.05) is 4.88 Å². The van der Waals surface area contributed by atoms with E-state index in [4.69, 9.17) is 4.98 Å². The van der Waals surface area contributed by atoms with Crippen molar-refractivity contribution in [1.29, 1.82) is 0 Å². The Labute approximate surface area is 174 Å². The van der Waals surface area contributed by atoms with Gasteiger partial charge in [-0.2, -0.15) is 0 Å². The molecule has 0 radical (unpaired) electrons. The van der Waals surface area contributed by atoms with Crippen LogP contribution in [0, 0.1) is 0 Å². The summed E-state index contributed by atoms with van der Waals surface area (Å²) in [6.45, 7) is 6.46. The minimum Gasteiger partial charge on any atom is -0.322 e.